The molecule has 3 heterocycles. The first-order valence-electron chi connectivity index (χ1n) is 11.6. The number of fused-ring (bicyclic) bond motifs is 6. The summed E-state index contributed by atoms with van der Waals surface area (Å²) in [6.45, 7) is 3.39. The largest absolute Gasteiger partial charge is 0.352 e. The first kappa shape index (κ1) is 21.5. The molecule has 3 aromatic rings. The molecule has 3 aliphatic heterocycles. The van der Waals surface area contributed by atoms with Crippen molar-refractivity contribution < 1.29 is 18.8 Å². The second kappa shape index (κ2) is 7.47. The standard InChI is InChI=1S/C29H23FN2O3/c1-16-7-9-18(10-8-16)27(34)25-26(17(2)33)32-23-13-12-20(30)15-19(23)11-14-24(32)29(25)21-5-3-4-6-22(21)31-28(29)35/h3-15,24-26H,1-2H3,(H,31,35)/t24-,25-,26-,29+/m1/s1. The smallest absolute Gasteiger partial charge is 0.238 e. The molecular weight excluding hydrogens is 443 g/mol. The summed E-state index contributed by atoms with van der Waals surface area (Å²) in [5.41, 5.74) is 2.72. The van der Waals surface area contributed by atoms with Gasteiger partial charge in [-0.15, -0.1) is 0 Å². The molecular formula is C29H23FN2O3. The van der Waals surface area contributed by atoms with Gasteiger partial charge in [-0.25, -0.2) is 4.39 Å². The number of hydrogen-bond donors (Lipinski definition) is 1. The van der Waals surface area contributed by atoms with E-state index in [-0.39, 0.29) is 17.5 Å². The highest BCUT2D eigenvalue weighted by atomic mass is 19.1. The molecule has 1 amide bonds. The molecule has 1 fully saturated rings. The van der Waals surface area contributed by atoms with E-state index < -0.39 is 29.2 Å². The van der Waals surface area contributed by atoms with E-state index >= 15 is 0 Å². The van der Waals surface area contributed by atoms with E-state index in [4.69, 9.17) is 0 Å². The molecule has 1 spiro atoms. The first-order valence-corrected chi connectivity index (χ1v) is 11.6. The Morgan fingerprint density at radius 1 is 1.03 bits per heavy atom. The number of aryl methyl sites for hydroxylation is 1. The average molecular weight is 467 g/mol. The number of para-hydroxylation sites is 1. The fraction of sp³-hybridized carbons (Fsp3) is 0.207. The second-order valence-electron chi connectivity index (χ2n) is 9.55. The highest BCUT2D eigenvalue weighted by Gasteiger charge is 2.69. The van der Waals surface area contributed by atoms with Crippen LogP contribution in [-0.2, 0) is 15.0 Å². The van der Waals surface area contributed by atoms with Crippen molar-refractivity contribution in [3.8, 4) is 0 Å². The van der Waals surface area contributed by atoms with Gasteiger partial charge in [-0.3, -0.25) is 14.4 Å². The van der Waals surface area contributed by atoms with Gasteiger partial charge in [0.25, 0.3) is 0 Å². The van der Waals surface area contributed by atoms with Crippen molar-refractivity contribution in [2.24, 2.45) is 5.92 Å². The summed E-state index contributed by atoms with van der Waals surface area (Å²) >= 11 is 0. The number of nitrogens with zero attached hydrogens (tertiary/aromatic N) is 1. The molecule has 1 saturated heterocycles. The third kappa shape index (κ3) is 2.83. The predicted octanol–water partition coefficient (Wildman–Crippen LogP) is 4.70. The zero-order chi connectivity index (χ0) is 24.5. The van der Waals surface area contributed by atoms with E-state index in [0.29, 0.717) is 28.1 Å². The summed E-state index contributed by atoms with van der Waals surface area (Å²) < 4.78 is 14.1. The molecule has 0 saturated carbocycles. The number of rotatable bonds is 3. The first-order chi connectivity index (χ1) is 16.8. The van der Waals surface area contributed by atoms with Crippen LogP contribution >= 0.6 is 0 Å². The highest BCUT2D eigenvalue weighted by Crippen LogP contribution is 2.57. The van der Waals surface area contributed by atoms with Crippen molar-refractivity contribution in [3.05, 3.63) is 101 Å². The third-order valence-electron chi connectivity index (χ3n) is 7.63. The molecule has 0 radical (unpaired) electrons. The lowest BCUT2D eigenvalue weighted by Crippen LogP contribution is -2.51. The molecule has 35 heavy (non-hydrogen) atoms. The van der Waals surface area contributed by atoms with Gasteiger partial charge in [0.1, 0.15) is 11.2 Å². The zero-order valence-electron chi connectivity index (χ0n) is 19.3. The molecule has 4 atom stereocenters. The minimum absolute atomic E-state index is 0.222. The number of nitrogens with one attached hydrogen (secondary N) is 1. The lowest BCUT2D eigenvalue weighted by Gasteiger charge is -2.37. The van der Waals surface area contributed by atoms with Crippen LogP contribution in [0.2, 0.25) is 0 Å². The molecule has 0 aliphatic carbocycles. The van der Waals surface area contributed by atoms with Crippen molar-refractivity contribution in [3.63, 3.8) is 0 Å². The Bertz CT molecular complexity index is 1440. The summed E-state index contributed by atoms with van der Waals surface area (Å²) in [4.78, 5) is 43.4. The predicted molar refractivity (Wildman–Crippen MR) is 132 cm³/mol. The van der Waals surface area contributed by atoms with E-state index in [1.807, 2.05) is 54.3 Å². The number of benzene rings is 3. The maximum Gasteiger partial charge on any atom is 0.238 e. The second-order valence-corrected chi connectivity index (χ2v) is 9.55. The molecule has 0 aromatic heterocycles. The van der Waals surface area contributed by atoms with Crippen LogP contribution in [-0.4, -0.2) is 29.6 Å². The van der Waals surface area contributed by atoms with Crippen LogP contribution in [0.3, 0.4) is 0 Å². The Labute approximate surface area is 202 Å². The molecule has 6 rings (SSSR count). The van der Waals surface area contributed by atoms with Crippen LogP contribution in [0.25, 0.3) is 6.08 Å². The summed E-state index contributed by atoms with van der Waals surface area (Å²) in [5.74, 6) is -2.16. The van der Waals surface area contributed by atoms with Crippen LogP contribution in [0.5, 0.6) is 0 Å². The molecule has 3 aromatic carbocycles. The third-order valence-corrected chi connectivity index (χ3v) is 7.63. The summed E-state index contributed by atoms with van der Waals surface area (Å²) in [6.07, 6.45) is 3.62. The lowest BCUT2D eigenvalue weighted by atomic mass is 9.64. The van der Waals surface area contributed by atoms with Gasteiger partial charge in [-0.05, 0) is 43.7 Å². The summed E-state index contributed by atoms with van der Waals surface area (Å²) in [5, 5.41) is 2.98. The topological polar surface area (TPSA) is 66.5 Å². The lowest BCUT2D eigenvalue weighted by molar-refractivity contribution is -0.122. The molecule has 3 aliphatic rings. The fourth-order valence-corrected chi connectivity index (χ4v) is 6.20. The van der Waals surface area contributed by atoms with Crippen LogP contribution < -0.4 is 10.2 Å². The number of carbonyl (C=O) groups is 3. The average Bonchev–Trinajstić information content (AvgIpc) is 3.32. The summed E-state index contributed by atoms with van der Waals surface area (Å²) in [7, 11) is 0. The van der Waals surface area contributed by atoms with Crippen molar-refractivity contribution in [1.82, 2.24) is 0 Å². The maximum atomic E-state index is 14.3. The van der Waals surface area contributed by atoms with E-state index in [2.05, 4.69) is 5.32 Å². The van der Waals surface area contributed by atoms with Gasteiger partial charge in [0.2, 0.25) is 5.91 Å². The van der Waals surface area contributed by atoms with E-state index in [9.17, 15) is 18.8 Å². The zero-order valence-corrected chi connectivity index (χ0v) is 19.3. The van der Waals surface area contributed by atoms with Crippen LogP contribution in [0.15, 0.2) is 72.8 Å². The van der Waals surface area contributed by atoms with Gasteiger partial charge < -0.3 is 10.2 Å². The molecule has 0 bridgehead atoms. The highest BCUT2D eigenvalue weighted by molar-refractivity contribution is 6.16. The van der Waals surface area contributed by atoms with E-state index in [1.165, 1.54) is 19.1 Å². The number of halogens is 1. The van der Waals surface area contributed by atoms with Crippen LogP contribution in [0.1, 0.15) is 34.0 Å². The number of Topliss-reactive ketones (excluding diaryl/α,β-unsaturated/α-hetero) is 2. The minimum Gasteiger partial charge on any atom is -0.352 e. The van der Waals surface area contributed by atoms with Crippen LogP contribution in [0.4, 0.5) is 15.8 Å². The van der Waals surface area contributed by atoms with Gasteiger partial charge in [0, 0.05) is 22.5 Å². The number of carbonyl (C=O) groups excluding carboxylic acids is 3. The maximum absolute atomic E-state index is 14.3. The van der Waals surface area contributed by atoms with Crippen molar-refractivity contribution >= 4 is 34.9 Å². The molecule has 5 nitrogen and oxygen atoms in total. The minimum atomic E-state index is -1.32. The number of amides is 1. The Morgan fingerprint density at radius 3 is 2.51 bits per heavy atom. The van der Waals surface area contributed by atoms with Crippen molar-refractivity contribution in [2.45, 2.75) is 31.3 Å². The van der Waals surface area contributed by atoms with Gasteiger partial charge in [-0.2, -0.15) is 0 Å². The molecule has 174 valence electrons. The molecule has 1 N–H and O–H groups in total. The number of anilines is 2. The molecule has 0 unspecified atom stereocenters. The van der Waals surface area contributed by atoms with Gasteiger partial charge in [0.15, 0.2) is 11.6 Å². The Morgan fingerprint density at radius 2 is 1.77 bits per heavy atom. The van der Waals surface area contributed by atoms with E-state index in [1.54, 1.807) is 24.3 Å². The molecule has 6 heteroatoms. The van der Waals surface area contributed by atoms with Gasteiger partial charge >= 0.3 is 0 Å². The van der Waals surface area contributed by atoms with Crippen molar-refractivity contribution in [2.75, 3.05) is 10.2 Å². The fourth-order valence-electron chi connectivity index (χ4n) is 6.20. The number of ketones is 2. The van der Waals surface area contributed by atoms with E-state index in [0.717, 1.165) is 5.56 Å². The number of hydrogen-bond acceptors (Lipinski definition) is 4. The monoisotopic (exact) mass is 466 g/mol. The van der Waals surface area contributed by atoms with Crippen molar-refractivity contribution in [1.29, 1.82) is 0 Å². The summed E-state index contributed by atoms with van der Waals surface area (Å²) in [6, 6.07) is 17.4. The SMILES string of the molecule is CC(=O)[C@@H]1[C@H](C(=O)c2ccc(C)cc2)[C@@]2(C(=O)Nc3ccccc32)[C@H]2C=Cc3cc(F)ccc3N12. The van der Waals surface area contributed by atoms with Gasteiger partial charge in [0.05, 0.1) is 18.0 Å². The Balaban J connectivity index is 1.65. The quantitative estimate of drug-likeness (QED) is 0.569. The normalized spacial score (nSPS) is 25.7. The van der Waals surface area contributed by atoms with Gasteiger partial charge in [-0.1, -0.05) is 60.2 Å². The Hall–Kier alpha value is -4.06. The Kier molecular flexibility index (Phi) is 4.58. The van der Waals surface area contributed by atoms with Crippen LogP contribution in [0, 0.1) is 18.7 Å².